The molecule has 0 bridgehead atoms. The minimum atomic E-state index is -1.55. The van der Waals surface area contributed by atoms with Gasteiger partial charge in [-0.3, -0.25) is 0 Å². The normalized spacial score (nSPS) is 35.2. The van der Waals surface area contributed by atoms with E-state index >= 15 is 0 Å². The lowest BCUT2D eigenvalue weighted by molar-refractivity contribution is -0.277. The predicted molar refractivity (Wildman–Crippen MR) is 126 cm³/mol. The molecule has 5 rings (SSSR count). The first kappa shape index (κ1) is 26.0. The number of hydrogen-bond donors (Lipinski definition) is 5. The zero-order valence-electron chi connectivity index (χ0n) is 20.5. The minimum absolute atomic E-state index is 0.0689. The summed E-state index contributed by atoms with van der Waals surface area (Å²) in [4.78, 5) is 0. The van der Waals surface area contributed by atoms with Crippen LogP contribution in [0, 0.1) is 11.8 Å². The van der Waals surface area contributed by atoms with E-state index in [0.29, 0.717) is 24.7 Å². The number of methoxy groups -OCH3 is 2. The second-order valence-corrected chi connectivity index (χ2v) is 9.49. The SMILES string of the molecule is COc1cc([C@@H]2OC[C@@H]3[C@H]2CO[C@H]3c2ccc(O[C@H]3O[C@@H](CO)[C@H](O)[C@@H](O)[C@@H]3O)c(OC)c2)ccc1O. The highest BCUT2D eigenvalue weighted by atomic mass is 16.7. The van der Waals surface area contributed by atoms with E-state index in [4.69, 9.17) is 28.4 Å². The number of rotatable bonds is 7. The molecule has 37 heavy (non-hydrogen) atoms. The third-order valence-corrected chi connectivity index (χ3v) is 7.40. The van der Waals surface area contributed by atoms with E-state index in [0.717, 1.165) is 11.1 Å². The van der Waals surface area contributed by atoms with Gasteiger partial charge in [0, 0.05) is 11.8 Å². The highest BCUT2D eigenvalue weighted by molar-refractivity contribution is 5.45. The quantitative estimate of drug-likeness (QED) is 0.349. The van der Waals surface area contributed by atoms with Crippen LogP contribution < -0.4 is 14.2 Å². The smallest absolute Gasteiger partial charge is 0.229 e. The van der Waals surface area contributed by atoms with Crippen LogP contribution in [0.2, 0.25) is 0 Å². The van der Waals surface area contributed by atoms with E-state index in [1.807, 2.05) is 12.1 Å². The van der Waals surface area contributed by atoms with Crippen molar-refractivity contribution in [1.29, 1.82) is 0 Å². The molecule has 3 saturated heterocycles. The molecule has 9 atom stereocenters. The van der Waals surface area contributed by atoms with Crippen molar-refractivity contribution in [3.8, 4) is 23.0 Å². The molecule has 2 aromatic carbocycles. The number of benzene rings is 2. The summed E-state index contributed by atoms with van der Waals surface area (Å²) in [5.41, 5.74) is 1.77. The lowest BCUT2D eigenvalue weighted by Crippen LogP contribution is -2.60. The standard InChI is InChI=1S/C26H32O11/c1-32-18-7-12(3-5-16(18)28)24-14-10-35-25(15(14)11-34-24)13-4-6-17(19(8-13)33-2)36-26-23(31)22(30)21(29)20(9-27)37-26/h3-8,14-15,20-31H,9-11H2,1-2H3/t14-,15-,20+,21+,22-,23+,24+,25+,26+/m1/s1. The molecule has 0 radical (unpaired) electrons. The molecule has 0 aliphatic carbocycles. The summed E-state index contributed by atoms with van der Waals surface area (Å²) in [5.74, 6) is 1.27. The Kier molecular flexibility index (Phi) is 7.46. The maximum absolute atomic E-state index is 10.3. The Hall–Kier alpha value is -2.64. The zero-order valence-corrected chi connectivity index (χ0v) is 20.5. The van der Waals surface area contributed by atoms with Crippen molar-refractivity contribution < 1.29 is 54.0 Å². The molecule has 0 aromatic heterocycles. The molecule has 0 spiro atoms. The first-order chi connectivity index (χ1) is 17.9. The molecule has 3 aliphatic rings. The molecule has 11 heteroatoms. The highest BCUT2D eigenvalue weighted by Crippen LogP contribution is 2.51. The molecule has 3 fully saturated rings. The Morgan fingerprint density at radius 3 is 1.97 bits per heavy atom. The molecule has 3 heterocycles. The molecule has 202 valence electrons. The first-order valence-electron chi connectivity index (χ1n) is 12.1. The second kappa shape index (κ2) is 10.6. The third kappa shape index (κ3) is 4.72. The minimum Gasteiger partial charge on any atom is -0.504 e. The number of phenols is 1. The van der Waals surface area contributed by atoms with Crippen molar-refractivity contribution in [2.75, 3.05) is 34.0 Å². The van der Waals surface area contributed by atoms with Crippen LogP contribution in [-0.2, 0) is 14.2 Å². The number of aliphatic hydroxyl groups excluding tert-OH is 4. The average molecular weight is 521 g/mol. The summed E-state index contributed by atoms with van der Waals surface area (Å²) in [6, 6.07) is 10.5. The summed E-state index contributed by atoms with van der Waals surface area (Å²) in [7, 11) is 2.98. The van der Waals surface area contributed by atoms with E-state index in [9.17, 15) is 25.5 Å². The topological polar surface area (TPSA) is 157 Å². The van der Waals surface area contributed by atoms with Crippen molar-refractivity contribution in [3.05, 3.63) is 47.5 Å². The maximum Gasteiger partial charge on any atom is 0.229 e. The van der Waals surface area contributed by atoms with E-state index in [-0.39, 0.29) is 35.5 Å². The molecule has 2 aromatic rings. The van der Waals surface area contributed by atoms with Crippen LogP contribution >= 0.6 is 0 Å². The van der Waals surface area contributed by atoms with Crippen molar-refractivity contribution in [3.63, 3.8) is 0 Å². The summed E-state index contributed by atoms with van der Waals surface area (Å²) >= 11 is 0. The molecule has 0 unspecified atom stereocenters. The average Bonchev–Trinajstić information content (AvgIpc) is 3.52. The number of aromatic hydroxyl groups is 1. The van der Waals surface area contributed by atoms with Crippen molar-refractivity contribution >= 4 is 0 Å². The fraction of sp³-hybridized carbons (Fsp3) is 0.538. The van der Waals surface area contributed by atoms with E-state index in [1.54, 1.807) is 24.3 Å². The molecule has 0 amide bonds. The Morgan fingerprint density at radius 2 is 1.38 bits per heavy atom. The number of hydrogen-bond acceptors (Lipinski definition) is 11. The van der Waals surface area contributed by atoms with Crippen LogP contribution in [0.15, 0.2) is 36.4 Å². The predicted octanol–water partition coefficient (Wildman–Crippen LogP) is 0.663. The van der Waals surface area contributed by atoms with Gasteiger partial charge in [0.25, 0.3) is 0 Å². The molecule has 5 N–H and O–H groups in total. The van der Waals surface area contributed by atoms with E-state index < -0.39 is 37.3 Å². The lowest BCUT2D eigenvalue weighted by atomic mass is 9.85. The van der Waals surface area contributed by atoms with Gasteiger partial charge in [-0.1, -0.05) is 12.1 Å². The number of phenolic OH excluding ortho intramolecular Hbond substituents is 1. The number of ether oxygens (including phenoxy) is 6. The Morgan fingerprint density at radius 1 is 0.784 bits per heavy atom. The van der Waals surface area contributed by atoms with Crippen LogP contribution in [0.25, 0.3) is 0 Å². The van der Waals surface area contributed by atoms with Crippen molar-refractivity contribution in [2.24, 2.45) is 11.8 Å². The van der Waals surface area contributed by atoms with Gasteiger partial charge in [-0.15, -0.1) is 0 Å². The maximum atomic E-state index is 10.3. The van der Waals surface area contributed by atoms with Gasteiger partial charge in [0.2, 0.25) is 6.29 Å². The molecule has 0 saturated carbocycles. The fourth-order valence-electron chi connectivity index (χ4n) is 5.35. The van der Waals surface area contributed by atoms with Crippen LogP contribution in [0.5, 0.6) is 23.0 Å². The van der Waals surface area contributed by atoms with Gasteiger partial charge in [-0.2, -0.15) is 0 Å². The molecule has 3 aliphatic heterocycles. The molecular formula is C26H32O11. The van der Waals surface area contributed by atoms with Gasteiger partial charge < -0.3 is 54.0 Å². The number of fused-ring (bicyclic) bond motifs is 1. The van der Waals surface area contributed by atoms with Crippen molar-refractivity contribution in [1.82, 2.24) is 0 Å². The lowest BCUT2D eigenvalue weighted by Gasteiger charge is -2.39. The summed E-state index contributed by atoms with van der Waals surface area (Å²) < 4.78 is 34.3. The van der Waals surface area contributed by atoms with E-state index in [1.165, 1.54) is 14.2 Å². The van der Waals surface area contributed by atoms with Crippen LogP contribution in [0.3, 0.4) is 0 Å². The van der Waals surface area contributed by atoms with E-state index in [2.05, 4.69) is 0 Å². The fourth-order valence-corrected chi connectivity index (χ4v) is 5.35. The Labute approximate surface area is 213 Å². The van der Waals surface area contributed by atoms with Gasteiger partial charge >= 0.3 is 0 Å². The third-order valence-electron chi connectivity index (χ3n) is 7.40. The Balaban J connectivity index is 1.32. The van der Waals surface area contributed by atoms with Gasteiger partial charge in [-0.05, 0) is 35.4 Å². The summed E-state index contributed by atoms with van der Waals surface area (Å²) in [6.07, 6.45) is -7.41. The first-order valence-corrected chi connectivity index (χ1v) is 12.1. The van der Waals surface area contributed by atoms with Gasteiger partial charge in [0.15, 0.2) is 23.0 Å². The summed E-state index contributed by atoms with van der Waals surface area (Å²) in [5, 5.41) is 49.7. The molecular weight excluding hydrogens is 488 g/mol. The van der Waals surface area contributed by atoms with Crippen LogP contribution in [0.1, 0.15) is 23.3 Å². The highest BCUT2D eigenvalue weighted by Gasteiger charge is 2.49. The largest absolute Gasteiger partial charge is 0.504 e. The zero-order chi connectivity index (χ0) is 26.3. The van der Waals surface area contributed by atoms with Crippen LogP contribution in [-0.4, -0.2) is 90.3 Å². The van der Waals surface area contributed by atoms with Crippen LogP contribution in [0.4, 0.5) is 0 Å². The molecule has 11 nitrogen and oxygen atoms in total. The van der Waals surface area contributed by atoms with Crippen molar-refractivity contribution in [2.45, 2.75) is 42.9 Å². The van der Waals surface area contributed by atoms with Gasteiger partial charge in [-0.25, -0.2) is 0 Å². The van der Waals surface area contributed by atoms with Gasteiger partial charge in [0.1, 0.15) is 24.4 Å². The Bertz CT molecular complexity index is 1090. The van der Waals surface area contributed by atoms with Gasteiger partial charge in [0.05, 0.1) is 46.2 Å². The monoisotopic (exact) mass is 520 g/mol. The second-order valence-electron chi connectivity index (χ2n) is 9.49. The summed E-state index contributed by atoms with van der Waals surface area (Å²) in [6.45, 7) is 0.436. The number of aliphatic hydroxyl groups is 4.